The van der Waals surface area contributed by atoms with Crippen LogP contribution >= 0.6 is 0 Å². The molecule has 3 aliphatic rings. The van der Waals surface area contributed by atoms with Gasteiger partial charge in [0.15, 0.2) is 11.5 Å². The molecule has 8 nitrogen and oxygen atoms in total. The minimum Gasteiger partial charge on any atom is -0.454 e. The number of imide groups is 1. The molecule has 2 amide bonds. The molecule has 0 atom stereocenters. The Hall–Kier alpha value is -3.43. The van der Waals surface area contributed by atoms with E-state index in [2.05, 4.69) is 10.2 Å². The number of nitrogens with zero attached hydrogens (tertiary/aromatic N) is 2. The summed E-state index contributed by atoms with van der Waals surface area (Å²) in [5.74, 6) is -0.0329. The SMILES string of the molecule is O=C1C(Nc2ccc3c(c2)OCO3)=C(c2ccc(F)cc2)C(=O)N1CCCN1CCOCC1. The van der Waals surface area contributed by atoms with Crippen LogP contribution in [0.3, 0.4) is 0 Å². The molecule has 2 aromatic rings. The van der Waals surface area contributed by atoms with E-state index < -0.39 is 17.6 Å². The maximum Gasteiger partial charge on any atom is 0.278 e. The Morgan fingerprint density at radius 2 is 1.67 bits per heavy atom. The van der Waals surface area contributed by atoms with E-state index in [4.69, 9.17) is 14.2 Å². The van der Waals surface area contributed by atoms with Gasteiger partial charge in [-0.3, -0.25) is 19.4 Å². The van der Waals surface area contributed by atoms with E-state index in [9.17, 15) is 14.0 Å². The number of hydrogen-bond donors (Lipinski definition) is 1. The van der Waals surface area contributed by atoms with Gasteiger partial charge in [-0.15, -0.1) is 0 Å². The fourth-order valence-electron chi connectivity index (χ4n) is 4.18. The van der Waals surface area contributed by atoms with Crippen LogP contribution in [0.15, 0.2) is 48.2 Å². The first-order valence-corrected chi connectivity index (χ1v) is 10.9. The van der Waals surface area contributed by atoms with Crippen molar-refractivity contribution in [3.63, 3.8) is 0 Å². The second-order valence-electron chi connectivity index (χ2n) is 8.02. The molecule has 1 N–H and O–H groups in total. The Morgan fingerprint density at radius 3 is 2.45 bits per heavy atom. The maximum atomic E-state index is 13.5. The lowest BCUT2D eigenvalue weighted by molar-refractivity contribution is -0.136. The summed E-state index contributed by atoms with van der Waals surface area (Å²) in [5, 5.41) is 3.10. The normalized spacial score (nSPS) is 18.4. The van der Waals surface area contributed by atoms with Gasteiger partial charge in [-0.1, -0.05) is 12.1 Å². The third-order valence-electron chi connectivity index (χ3n) is 5.90. The Morgan fingerprint density at radius 1 is 0.909 bits per heavy atom. The summed E-state index contributed by atoms with van der Waals surface area (Å²) in [7, 11) is 0. The first-order valence-electron chi connectivity index (χ1n) is 10.9. The molecule has 0 aliphatic carbocycles. The van der Waals surface area contributed by atoms with Crippen molar-refractivity contribution in [3.05, 3.63) is 59.5 Å². The molecule has 1 saturated heterocycles. The molecule has 172 valence electrons. The zero-order chi connectivity index (χ0) is 22.8. The number of rotatable bonds is 7. The fourth-order valence-corrected chi connectivity index (χ4v) is 4.18. The Kier molecular flexibility index (Phi) is 5.97. The van der Waals surface area contributed by atoms with Crippen LogP contribution in [0.1, 0.15) is 12.0 Å². The van der Waals surface area contributed by atoms with Crippen LogP contribution in [-0.2, 0) is 14.3 Å². The Labute approximate surface area is 190 Å². The van der Waals surface area contributed by atoms with Crippen LogP contribution in [0, 0.1) is 5.82 Å². The lowest BCUT2D eigenvalue weighted by Crippen LogP contribution is -2.39. The lowest BCUT2D eigenvalue weighted by Gasteiger charge is -2.27. The maximum absolute atomic E-state index is 13.5. The highest BCUT2D eigenvalue weighted by Crippen LogP contribution is 2.36. The van der Waals surface area contributed by atoms with Gasteiger partial charge in [-0.2, -0.15) is 0 Å². The largest absolute Gasteiger partial charge is 0.454 e. The second kappa shape index (κ2) is 9.21. The van der Waals surface area contributed by atoms with Crippen LogP contribution in [0.5, 0.6) is 11.5 Å². The average Bonchev–Trinajstić information content (AvgIpc) is 3.38. The summed E-state index contributed by atoms with van der Waals surface area (Å²) in [6.45, 7) is 4.29. The van der Waals surface area contributed by atoms with Crippen LogP contribution in [0.4, 0.5) is 10.1 Å². The topological polar surface area (TPSA) is 80.3 Å². The lowest BCUT2D eigenvalue weighted by atomic mass is 10.0. The van der Waals surface area contributed by atoms with Gasteiger partial charge in [0.1, 0.15) is 11.5 Å². The van der Waals surface area contributed by atoms with Gasteiger partial charge in [0.05, 0.1) is 18.8 Å². The molecule has 0 aromatic heterocycles. The van der Waals surface area contributed by atoms with Gasteiger partial charge in [-0.05, 0) is 36.2 Å². The number of carbonyl (C=O) groups excluding carboxylic acids is 2. The minimum absolute atomic E-state index is 0.136. The molecule has 33 heavy (non-hydrogen) atoms. The molecule has 0 unspecified atom stereocenters. The van der Waals surface area contributed by atoms with Crippen LogP contribution < -0.4 is 14.8 Å². The third kappa shape index (κ3) is 4.42. The molecule has 0 radical (unpaired) electrons. The molecule has 3 aliphatic heterocycles. The van der Waals surface area contributed by atoms with E-state index in [1.165, 1.54) is 29.2 Å². The molecular weight excluding hydrogens is 429 g/mol. The smallest absolute Gasteiger partial charge is 0.278 e. The summed E-state index contributed by atoms with van der Waals surface area (Å²) in [6.07, 6.45) is 0.658. The number of morpholine rings is 1. The van der Waals surface area contributed by atoms with E-state index in [-0.39, 0.29) is 18.1 Å². The molecular formula is C24H24FN3O5. The van der Waals surface area contributed by atoms with Crippen LogP contribution in [-0.4, -0.2) is 67.8 Å². The zero-order valence-corrected chi connectivity index (χ0v) is 18.0. The van der Waals surface area contributed by atoms with Crippen molar-refractivity contribution in [2.75, 3.05) is 51.5 Å². The molecule has 1 fully saturated rings. The van der Waals surface area contributed by atoms with Crippen molar-refractivity contribution in [1.29, 1.82) is 0 Å². The highest BCUT2D eigenvalue weighted by Gasteiger charge is 2.39. The monoisotopic (exact) mass is 453 g/mol. The molecule has 0 saturated carbocycles. The van der Waals surface area contributed by atoms with E-state index in [0.717, 1.165) is 19.6 Å². The predicted octanol–water partition coefficient (Wildman–Crippen LogP) is 2.47. The second-order valence-corrected chi connectivity index (χ2v) is 8.02. The van der Waals surface area contributed by atoms with E-state index in [1.54, 1.807) is 18.2 Å². The number of benzene rings is 2. The van der Waals surface area contributed by atoms with E-state index >= 15 is 0 Å². The molecule has 3 heterocycles. The standard InChI is InChI=1S/C24H24FN3O5/c25-17-4-2-16(3-5-17)21-22(26-18-6-7-19-20(14-18)33-15-32-19)24(30)28(23(21)29)9-1-8-27-10-12-31-13-11-27/h2-7,14,26H,1,8-13,15H2. The van der Waals surface area contributed by atoms with Crippen LogP contribution in [0.25, 0.3) is 5.57 Å². The van der Waals surface area contributed by atoms with Crippen LogP contribution in [0.2, 0.25) is 0 Å². The van der Waals surface area contributed by atoms with Gasteiger partial charge in [0, 0.05) is 37.9 Å². The van der Waals surface area contributed by atoms with E-state index in [1.807, 2.05) is 0 Å². The average molecular weight is 453 g/mol. The first-order chi connectivity index (χ1) is 16.1. The van der Waals surface area contributed by atoms with Gasteiger partial charge in [0.25, 0.3) is 11.8 Å². The number of carbonyl (C=O) groups is 2. The molecule has 0 spiro atoms. The first kappa shape index (κ1) is 21.4. The predicted molar refractivity (Wildman–Crippen MR) is 118 cm³/mol. The van der Waals surface area contributed by atoms with Crippen molar-refractivity contribution in [1.82, 2.24) is 9.80 Å². The zero-order valence-electron chi connectivity index (χ0n) is 18.0. The van der Waals surface area contributed by atoms with Crippen molar-refractivity contribution < 1.29 is 28.2 Å². The number of halogens is 1. The Balaban J connectivity index is 1.38. The van der Waals surface area contributed by atoms with Crippen molar-refractivity contribution in [2.45, 2.75) is 6.42 Å². The molecule has 5 rings (SSSR count). The number of hydrogen-bond acceptors (Lipinski definition) is 7. The van der Waals surface area contributed by atoms with Crippen molar-refractivity contribution in [3.8, 4) is 11.5 Å². The summed E-state index contributed by atoms with van der Waals surface area (Å²) >= 11 is 0. The number of fused-ring (bicyclic) bond motifs is 1. The summed E-state index contributed by atoms with van der Waals surface area (Å²) < 4.78 is 29.6. The summed E-state index contributed by atoms with van der Waals surface area (Å²) in [6, 6.07) is 10.8. The van der Waals surface area contributed by atoms with Gasteiger partial charge < -0.3 is 19.5 Å². The Bertz CT molecular complexity index is 1100. The number of nitrogens with one attached hydrogen (secondary N) is 1. The van der Waals surface area contributed by atoms with Gasteiger partial charge in [-0.25, -0.2) is 4.39 Å². The summed E-state index contributed by atoms with van der Waals surface area (Å²) in [4.78, 5) is 30.1. The number of amides is 2. The van der Waals surface area contributed by atoms with Crippen molar-refractivity contribution >= 4 is 23.1 Å². The minimum atomic E-state index is -0.413. The molecule has 9 heteroatoms. The number of ether oxygens (including phenoxy) is 3. The number of anilines is 1. The summed E-state index contributed by atoms with van der Waals surface area (Å²) in [5.41, 5.74) is 1.46. The highest BCUT2D eigenvalue weighted by molar-refractivity contribution is 6.36. The van der Waals surface area contributed by atoms with Gasteiger partial charge in [0.2, 0.25) is 6.79 Å². The van der Waals surface area contributed by atoms with E-state index in [0.29, 0.717) is 48.9 Å². The van der Waals surface area contributed by atoms with Crippen molar-refractivity contribution in [2.24, 2.45) is 0 Å². The van der Waals surface area contributed by atoms with Gasteiger partial charge >= 0.3 is 0 Å². The fraction of sp³-hybridized carbons (Fsp3) is 0.333. The quantitative estimate of drug-likeness (QED) is 0.645. The highest BCUT2D eigenvalue weighted by atomic mass is 19.1. The third-order valence-corrected chi connectivity index (χ3v) is 5.90. The molecule has 2 aromatic carbocycles. The molecule has 0 bridgehead atoms.